The minimum Gasteiger partial charge on any atom is -0.368 e. The quantitative estimate of drug-likeness (QED) is 0.699. The van der Waals surface area contributed by atoms with Gasteiger partial charge >= 0.3 is 0 Å². The average Bonchev–Trinajstić information content (AvgIpc) is 2.60. The number of rotatable bonds is 7. The molecule has 0 bridgehead atoms. The molecule has 4 N–H and O–H groups in total. The minimum atomic E-state index is -0.831. The number of benzene rings is 2. The number of carbonyl (C=O) groups excluding carboxylic acids is 3. The Morgan fingerprint density at radius 1 is 1.04 bits per heavy atom. The Balaban J connectivity index is 1.89. The summed E-state index contributed by atoms with van der Waals surface area (Å²) in [4.78, 5) is 35.5. The maximum absolute atomic E-state index is 12.0. The summed E-state index contributed by atoms with van der Waals surface area (Å²) in [5, 5.41) is 5.08. The van der Waals surface area contributed by atoms with E-state index in [1.54, 1.807) is 30.3 Å². The summed E-state index contributed by atoms with van der Waals surface area (Å²) in [6, 6.07) is 15.4. The van der Waals surface area contributed by atoms with Crippen LogP contribution in [0.15, 0.2) is 54.6 Å². The molecule has 0 aliphatic rings. The second-order valence-corrected chi connectivity index (χ2v) is 5.76. The Morgan fingerprint density at radius 2 is 1.76 bits per heavy atom. The number of carbonyl (C=O) groups is 3. The fourth-order valence-corrected chi connectivity index (χ4v) is 2.40. The van der Waals surface area contributed by atoms with Gasteiger partial charge in [0, 0.05) is 12.0 Å². The second kappa shape index (κ2) is 8.63. The number of hydrogen-bond acceptors (Lipinski definition) is 3. The molecule has 0 aliphatic heterocycles. The molecule has 6 heteroatoms. The van der Waals surface area contributed by atoms with Crippen LogP contribution in [0.4, 0.5) is 0 Å². The van der Waals surface area contributed by atoms with Crippen molar-refractivity contribution in [3.05, 3.63) is 71.3 Å². The Morgan fingerprint density at radius 3 is 2.40 bits per heavy atom. The zero-order valence-corrected chi connectivity index (χ0v) is 14.0. The Kier molecular flexibility index (Phi) is 6.28. The van der Waals surface area contributed by atoms with E-state index in [9.17, 15) is 14.4 Å². The molecule has 1 atom stereocenters. The van der Waals surface area contributed by atoms with Gasteiger partial charge in [-0.2, -0.15) is 0 Å². The first-order valence-corrected chi connectivity index (χ1v) is 7.93. The van der Waals surface area contributed by atoms with Crippen LogP contribution in [-0.4, -0.2) is 30.3 Å². The second-order valence-electron chi connectivity index (χ2n) is 5.76. The van der Waals surface area contributed by atoms with Gasteiger partial charge in [0.2, 0.25) is 11.8 Å². The van der Waals surface area contributed by atoms with Crippen molar-refractivity contribution in [3.8, 4) is 0 Å². The van der Waals surface area contributed by atoms with E-state index in [-0.39, 0.29) is 12.5 Å². The number of aryl methyl sites for hydroxylation is 1. The zero-order chi connectivity index (χ0) is 18.2. The normalized spacial score (nSPS) is 11.4. The van der Waals surface area contributed by atoms with Crippen LogP contribution in [0.5, 0.6) is 0 Å². The van der Waals surface area contributed by atoms with Gasteiger partial charge in [-0.15, -0.1) is 0 Å². The molecule has 0 aliphatic carbocycles. The summed E-state index contributed by atoms with van der Waals surface area (Å²) in [7, 11) is 0. The molecule has 25 heavy (non-hydrogen) atoms. The molecule has 0 radical (unpaired) electrons. The van der Waals surface area contributed by atoms with Gasteiger partial charge in [0.25, 0.3) is 5.91 Å². The highest BCUT2D eigenvalue weighted by atomic mass is 16.2. The fraction of sp³-hybridized carbons (Fsp3) is 0.211. The predicted molar refractivity (Wildman–Crippen MR) is 94.8 cm³/mol. The molecule has 6 nitrogen and oxygen atoms in total. The van der Waals surface area contributed by atoms with Crippen LogP contribution in [0.3, 0.4) is 0 Å². The highest BCUT2D eigenvalue weighted by Crippen LogP contribution is 2.07. The van der Waals surface area contributed by atoms with Gasteiger partial charge in [0.05, 0.1) is 6.54 Å². The van der Waals surface area contributed by atoms with Gasteiger partial charge in [-0.25, -0.2) is 0 Å². The molecule has 0 fully saturated rings. The highest BCUT2D eigenvalue weighted by Gasteiger charge is 2.19. The topological polar surface area (TPSA) is 101 Å². The third-order valence-electron chi connectivity index (χ3n) is 3.65. The maximum Gasteiger partial charge on any atom is 0.251 e. The molecule has 3 amide bonds. The van der Waals surface area contributed by atoms with E-state index in [0.29, 0.717) is 12.0 Å². The molecule has 2 rings (SSSR count). The van der Waals surface area contributed by atoms with Crippen LogP contribution < -0.4 is 16.4 Å². The van der Waals surface area contributed by atoms with Gasteiger partial charge in [0.1, 0.15) is 6.04 Å². The number of amides is 3. The molecular formula is C19H21N3O3. The zero-order valence-electron chi connectivity index (χ0n) is 14.0. The van der Waals surface area contributed by atoms with E-state index in [1.165, 1.54) is 0 Å². The SMILES string of the molecule is Cc1cccc(C[C@H](NC(=O)CNC(=O)c2ccccc2)C(N)=O)c1. The lowest BCUT2D eigenvalue weighted by Crippen LogP contribution is -2.49. The maximum atomic E-state index is 12.0. The van der Waals surface area contributed by atoms with Crippen molar-refractivity contribution in [2.24, 2.45) is 5.73 Å². The first-order valence-electron chi connectivity index (χ1n) is 7.93. The largest absolute Gasteiger partial charge is 0.368 e. The molecule has 2 aromatic carbocycles. The van der Waals surface area contributed by atoms with Gasteiger partial charge in [-0.05, 0) is 24.6 Å². The van der Waals surface area contributed by atoms with E-state index < -0.39 is 17.9 Å². The lowest BCUT2D eigenvalue weighted by molar-refractivity contribution is -0.126. The fourth-order valence-electron chi connectivity index (χ4n) is 2.40. The van der Waals surface area contributed by atoms with Crippen molar-refractivity contribution in [1.82, 2.24) is 10.6 Å². The van der Waals surface area contributed by atoms with Crippen LogP contribution in [0.2, 0.25) is 0 Å². The molecule has 0 unspecified atom stereocenters. The third-order valence-corrected chi connectivity index (χ3v) is 3.65. The first-order chi connectivity index (χ1) is 12.0. The van der Waals surface area contributed by atoms with E-state index in [4.69, 9.17) is 5.73 Å². The summed E-state index contributed by atoms with van der Waals surface area (Å²) >= 11 is 0. The third kappa shape index (κ3) is 5.76. The van der Waals surface area contributed by atoms with Crippen LogP contribution in [0.1, 0.15) is 21.5 Å². The van der Waals surface area contributed by atoms with Crippen molar-refractivity contribution >= 4 is 17.7 Å². The summed E-state index contributed by atoms with van der Waals surface area (Å²) in [6.45, 7) is 1.71. The lowest BCUT2D eigenvalue weighted by Gasteiger charge is -2.16. The van der Waals surface area contributed by atoms with Crippen LogP contribution >= 0.6 is 0 Å². The summed E-state index contributed by atoms with van der Waals surface area (Å²) < 4.78 is 0. The van der Waals surface area contributed by atoms with E-state index >= 15 is 0 Å². The molecular weight excluding hydrogens is 318 g/mol. The smallest absolute Gasteiger partial charge is 0.251 e. The Hall–Kier alpha value is -3.15. The minimum absolute atomic E-state index is 0.231. The average molecular weight is 339 g/mol. The van der Waals surface area contributed by atoms with Crippen molar-refractivity contribution in [2.45, 2.75) is 19.4 Å². The van der Waals surface area contributed by atoms with Crippen LogP contribution in [0, 0.1) is 6.92 Å². The summed E-state index contributed by atoms with van der Waals surface area (Å²) in [6.07, 6.45) is 0.301. The van der Waals surface area contributed by atoms with Crippen molar-refractivity contribution in [1.29, 1.82) is 0 Å². The van der Waals surface area contributed by atoms with Crippen molar-refractivity contribution in [3.63, 3.8) is 0 Å². The van der Waals surface area contributed by atoms with E-state index in [1.807, 2.05) is 31.2 Å². The van der Waals surface area contributed by atoms with Gasteiger partial charge < -0.3 is 16.4 Å². The molecule has 0 spiro atoms. The number of primary amides is 1. The highest BCUT2D eigenvalue weighted by molar-refractivity contribution is 5.97. The number of nitrogens with two attached hydrogens (primary N) is 1. The van der Waals surface area contributed by atoms with Crippen molar-refractivity contribution in [2.75, 3.05) is 6.54 Å². The van der Waals surface area contributed by atoms with Gasteiger partial charge in [-0.3, -0.25) is 14.4 Å². The van der Waals surface area contributed by atoms with Crippen molar-refractivity contribution < 1.29 is 14.4 Å². The van der Waals surface area contributed by atoms with Gasteiger partial charge in [0.15, 0.2) is 0 Å². The first kappa shape index (κ1) is 18.2. The molecule has 130 valence electrons. The standard InChI is InChI=1S/C19H21N3O3/c1-13-6-5-7-14(10-13)11-16(18(20)24)22-17(23)12-21-19(25)15-8-3-2-4-9-15/h2-10,16H,11-12H2,1H3,(H2,20,24)(H,21,25)(H,22,23)/t16-/m0/s1. The lowest BCUT2D eigenvalue weighted by atomic mass is 10.0. The van der Waals surface area contributed by atoms with Crippen LogP contribution in [-0.2, 0) is 16.0 Å². The Labute approximate surface area is 146 Å². The van der Waals surface area contributed by atoms with Crippen LogP contribution in [0.25, 0.3) is 0 Å². The monoisotopic (exact) mass is 339 g/mol. The molecule has 0 saturated carbocycles. The van der Waals surface area contributed by atoms with E-state index in [0.717, 1.165) is 11.1 Å². The molecule has 2 aromatic rings. The number of nitrogens with one attached hydrogen (secondary N) is 2. The number of hydrogen-bond donors (Lipinski definition) is 3. The summed E-state index contributed by atoms with van der Waals surface area (Å²) in [5.41, 5.74) is 7.79. The molecule has 0 saturated heterocycles. The molecule has 0 heterocycles. The predicted octanol–water partition coefficient (Wildman–Crippen LogP) is 0.938. The summed E-state index contributed by atoms with van der Waals surface area (Å²) in [5.74, 6) is -1.45. The van der Waals surface area contributed by atoms with Gasteiger partial charge in [-0.1, -0.05) is 48.0 Å². The Bertz CT molecular complexity index is 760. The molecule has 0 aromatic heterocycles. The van der Waals surface area contributed by atoms with E-state index in [2.05, 4.69) is 10.6 Å².